The van der Waals surface area contributed by atoms with E-state index in [1.807, 2.05) is 36.4 Å². The van der Waals surface area contributed by atoms with Crippen LogP contribution < -0.4 is 5.73 Å². The van der Waals surface area contributed by atoms with Crippen LogP contribution in [0.1, 0.15) is 18.9 Å². The van der Waals surface area contributed by atoms with Crippen molar-refractivity contribution in [1.82, 2.24) is 9.55 Å². The second kappa shape index (κ2) is 4.75. The molecule has 4 rings (SSSR count). The Morgan fingerprint density at radius 2 is 2.05 bits per heavy atom. The van der Waals surface area contributed by atoms with Gasteiger partial charge in [0.2, 0.25) is 0 Å². The summed E-state index contributed by atoms with van der Waals surface area (Å²) < 4.78 is 3.16. The molecule has 3 nitrogen and oxygen atoms in total. The van der Waals surface area contributed by atoms with Gasteiger partial charge >= 0.3 is 0 Å². The van der Waals surface area contributed by atoms with E-state index in [4.69, 9.17) is 22.3 Å². The highest BCUT2D eigenvalue weighted by atomic mass is 79.9. The number of anilines is 1. The molecule has 2 N–H and O–H groups in total. The summed E-state index contributed by atoms with van der Waals surface area (Å²) in [6, 6.07) is 12.3. The van der Waals surface area contributed by atoms with E-state index in [1.54, 1.807) is 0 Å². The fourth-order valence-corrected chi connectivity index (χ4v) is 3.30. The Bertz CT molecular complexity index is 852. The Hall–Kier alpha value is -1.52. The largest absolute Gasteiger partial charge is 0.398 e. The van der Waals surface area contributed by atoms with E-state index in [-0.39, 0.29) is 0 Å². The van der Waals surface area contributed by atoms with Crippen molar-refractivity contribution in [2.45, 2.75) is 18.9 Å². The first-order chi connectivity index (χ1) is 10.1. The molecular weight excluding hydrogens is 350 g/mol. The second-order valence-electron chi connectivity index (χ2n) is 5.38. The average Bonchev–Trinajstić information content (AvgIpc) is 3.22. The summed E-state index contributed by atoms with van der Waals surface area (Å²) in [4.78, 5) is 4.79. The van der Waals surface area contributed by atoms with Crippen LogP contribution in [0.4, 0.5) is 5.69 Å². The van der Waals surface area contributed by atoms with Crippen molar-refractivity contribution in [3.05, 3.63) is 45.9 Å². The molecule has 1 heterocycles. The normalized spacial score (nSPS) is 14.8. The SMILES string of the molecule is Nc1ccc(-c2nc3cccc(Cl)c3n2C2CC2)cc1Br. The van der Waals surface area contributed by atoms with Crippen LogP contribution in [0.25, 0.3) is 22.4 Å². The standard InChI is InChI=1S/C16H13BrClN3/c17-11-8-9(4-7-13(11)19)16-20-14-3-1-2-12(18)15(14)21(16)10-5-6-10/h1-4,7-8,10H,5-6,19H2. The van der Waals surface area contributed by atoms with Crippen LogP contribution in [0.5, 0.6) is 0 Å². The number of fused-ring (bicyclic) bond motifs is 1. The molecule has 0 unspecified atom stereocenters. The van der Waals surface area contributed by atoms with Gasteiger partial charge in [-0.25, -0.2) is 4.98 Å². The maximum Gasteiger partial charge on any atom is 0.141 e. The van der Waals surface area contributed by atoms with Crippen molar-refractivity contribution >= 4 is 44.3 Å². The van der Waals surface area contributed by atoms with Crippen molar-refractivity contribution in [2.75, 3.05) is 5.73 Å². The molecule has 1 aliphatic rings. The van der Waals surface area contributed by atoms with Gasteiger partial charge in [-0.3, -0.25) is 0 Å². The minimum atomic E-state index is 0.501. The number of nitrogens with zero attached hydrogens (tertiary/aromatic N) is 2. The highest BCUT2D eigenvalue weighted by Gasteiger charge is 2.29. The van der Waals surface area contributed by atoms with Crippen LogP contribution in [-0.2, 0) is 0 Å². The van der Waals surface area contributed by atoms with Gasteiger partial charge in [-0.05, 0) is 59.1 Å². The van der Waals surface area contributed by atoms with E-state index in [0.717, 1.165) is 37.6 Å². The molecule has 1 aliphatic carbocycles. The fourth-order valence-electron chi connectivity index (χ4n) is 2.66. The van der Waals surface area contributed by atoms with Crippen molar-refractivity contribution in [2.24, 2.45) is 0 Å². The molecule has 0 aliphatic heterocycles. The predicted octanol–water partition coefficient (Wildman–Crippen LogP) is 5.04. The quantitative estimate of drug-likeness (QED) is 0.649. The lowest BCUT2D eigenvalue weighted by molar-refractivity contribution is 0.775. The highest BCUT2D eigenvalue weighted by Crippen LogP contribution is 2.43. The molecule has 1 fully saturated rings. The molecule has 1 saturated carbocycles. The number of para-hydroxylation sites is 1. The fraction of sp³-hybridized carbons (Fsp3) is 0.188. The third-order valence-corrected chi connectivity index (χ3v) is 4.82. The molecule has 0 saturated heterocycles. The van der Waals surface area contributed by atoms with Crippen LogP contribution in [0.15, 0.2) is 40.9 Å². The zero-order valence-electron chi connectivity index (χ0n) is 11.2. The minimum Gasteiger partial charge on any atom is -0.398 e. The number of hydrogen-bond donors (Lipinski definition) is 1. The summed E-state index contributed by atoms with van der Waals surface area (Å²) in [5.74, 6) is 0.960. The Kier molecular flexibility index (Phi) is 2.98. The zero-order chi connectivity index (χ0) is 14.6. The molecular formula is C16H13BrClN3. The molecule has 0 amide bonds. The first-order valence-electron chi connectivity index (χ1n) is 6.87. The molecule has 3 aromatic rings. The van der Waals surface area contributed by atoms with Crippen molar-refractivity contribution in [3.8, 4) is 11.4 Å². The molecule has 0 bridgehead atoms. The molecule has 1 aromatic heterocycles. The van der Waals surface area contributed by atoms with E-state index >= 15 is 0 Å². The third kappa shape index (κ3) is 2.14. The molecule has 21 heavy (non-hydrogen) atoms. The van der Waals surface area contributed by atoms with Gasteiger partial charge in [-0.2, -0.15) is 0 Å². The molecule has 5 heteroatoms. The number of aromatic nitrogens is 2. The molecule has 106 valence electrons. The van der Waals surface area contributed by atoms with Crippen LogP contribution >= 0.6 is 27.5 Å². The number of halogens is 2. The Balaban J connectivity index is 2.01. The van der Waals surface area contributed by atoms with Gasteiger partial charge in [0.25, 0.3) is 0 Å². The number of rotatable bonds is 2. The van der Waals surface area contributed by atoms with Gasteiger partial charge in [0.05, 0.1) is 16.1 Å². The maximum atomic E-state index is 6.40. The Labute approximate surface area is 135 Å². The van der Waals surface area contributed by atoms with Crippen LogP contribution in [0.2, 0.25) is 5.02 Å². The van der Waals surface area contributed by atoms with Gasteiger partial charge in [0.1, 0.15) is 5.82 Å². The van der Waals surface area contributed by atoms with Crippen molar-refractivity contribution in [1.29, 1.82) is 0 Å². The summed E-state index contributed by atoms with van der Waals surface area (Å²) in [5, 5.41) is 0.757. The topological polar surface area (TPSA) is 43.8 Å². The lowest BCUT2D eigenvalue weighted by atomic mass is 10.2. The summed E-state index contributed by atoms with van der Waals surface area (Å²) in [6.45, 7) is 0. The van der Waals surface area contributed by atoms with Gasteiger partial charge in [-0.15, -0.1) is 0 Å². The summed E-state index contributed by atoms with van der Waals surface area (Å²) in [7, 11) is 0. The monoisotopic (exact) mass is 361 g/mol. The van der Waals surface area contributed by atoms with Crippen molar-refractivity contribution < 1.29 is 0 Å². The van der Waals surface area contributed by atoms with Gasteiger partial charge < -0.3 is 10.3 Å². The highest BCUT2D eigenvalue weighted by molar-refractivity contribution is 9.10. The van der Waals surface area contributed by atoms with Crippen LogP contribution in [-0.4, -0.2) is 9.55 Å². The average molecular weight is 363 g/mol. The van der Waals surface area contributed by atoms with E-state index in [2.05, 4.69) is 20.5 Å². The van der Waals surface area contributed by atoms with Gasteiger partial charge in [0, 0.05) is 21.8 Å². The van der Waals surface area contributed by atoms with Gasteiger partial charge in [0.15, 0.2) is 0 Å². The molecule has 0 spiro atoms. The zero-order valence-corrected chi connectivity index (χ0v) is 13.5. The molecule has 2 aromatic carbocycles. The number of nitrogens with two attached hydrogens (primary N) is 1. The lowest BCUT2D eigenvalue weighted by Gasteiger charge is -2.09. The molecule has 0 atom stereocenters. The van der Waals surface area contributed by atoms with Gasteiger partial charge in [-0.1, -0.05) is 17.7 Å². The lowest BCUT2D eigenvalue weighted by Crippen LogP contribution is -1.98. The van der Waals surface area contributed by atoms with E-state index in [9.17, 15) is 0 Å². The minimum absolute atomic E-state index is 0.501. The first kappa shape index (κ1) is 13.2. The van der Waals surface area contributed by atoms with E-state index in [1.165, 1.54) is 12.8 Å². The number of hydrogen-bond acceptors (Lipinski definition) is 2. The summed E-state index contributed by atoms with van der Waals surface area (Å²) >= 11 is 9.89. The third-order valence-electron chi connectivity index (χ3n) is 3.83. The summed E-state index contributed by atoms with van der Waals surface area (Å²) in [5.41, 5.74) is 9.63. The maximum absolute atomic E-state index is 6.40. The van der Waals surface area contributed by atoms with E-state index in [0.29, 0.717) is 6.04 Å². The second-order valence-corrected chi connectivity index (χ2v) is 6.64. The Morgan fingerprint density at radius 3 is 2.76 bits per heavy atom. The first-order valence-corrected chi connectivity index (χ1v) is 8.04. The summed E-state index contributed by atoms with van der Waals surface area (Å²) in [6.07, 6.45) is 2.36. The molecule has 0 radical (unpaired) electrons. The number of nitrogen functional groups attached to an aromatic ring is 1. The van der Waals surface area contributed by atoms with Crippen LogP contribution in [0.3, 0.4) is 0 Å². The smallest absolute Gasteiger partial charge is 0.141 e. The predicted molar refractivity (Wildman–Crippen MR) is 90.6 cm³/mol. The Morgan fingerprint density at radius 1 is 1.24 bits per heavy atom. The van der Waals surface area contributed by atoms with Crippen molar-refractivity contribution in [3.63, 3.8) is 0 Å². The van der Waals surface area contributed by atoms with Crippen LogP contribution in [0, 0.1) is 0 Å². The number of benzene rings is 2. The van der Waals surface area contributed by atoms with E-state index < -0.39 is 0 Å². The number of imidazole rings is 1.